The van der Waals surface area contributed by atoms with E-state index in [-0.39, 0.29) is 18.7 Å². The highest BCUT2D eigenvalue weighted by molar-refractivity contribution is 7.23. The summed E-state index contributed by atoms with van der Waals surface area (Å²) in [4.78, 5) is 36.4. The number of amides is 2. The lowest BCUT2D eigenvalue weighted by molar-refractivity contribution is -0.138. The second kappa shape index (κ2) is 11.1. The fraction of sp³-hybridized carbons (Fsp3) is 0.355. The Hall–Kier alpha value is -3.68. The van der Waals surface area contributed by atoms with Crippen LogP contribution in [-0.2, 0) is 15.9 Å². The number of thiazole rings is 2. The van der Waals surface area contributed by atoms with E-state index in [2.05, 4.69) is 10.3 Å². The Labute approximate surface area is 256 Å². The van der Waals surface area contributed by atoms with Crippen molar-refractivity contribution in [2.45, 2.75) is 49.3 Å². The van der Waals surface area contributed by atoms with E-state index in [1.54, 1.807) is 18.0 Å². The lowest BCUT2D eigenvalue weighted by Crippen LogP contribution is -2.61. The van der Waals surface area contributed by atoms with E-state index >= 15 is 0 Å². The first-order valence-electron chi connectivity index (χ1n) is 14.0. The van der Waals surface area contributed by atoms with Crippen LogP contribution in [0.2, 0.25) is 0 Å². The number of carboxylic acid groups (broad SMARTS) is 1. The van der Waals surface area contributed by atoms with Gasteiger partial charge in [0.1, 0.15) is 22.2 Å². The van der Waals surface area contributed by atoms with Gasteiger partial charge in [-0.3, -0.25) is 4.79 Å². The smallest absolute Gasteiger partial charge is 0.405 e. The van der Waals surface area contributed by atoms with Crippen LogP contribution in [0.3, 0.4) is 0 Å². The average molecular weight is 621 g/mol. The van der Waals surface area contributed by atoms with Crippen LogP contribution in [0.15, 0.2) is 60.8 Å². The number of piperidine rings is 1. The number of carbonyl (C=O) groups is 2. The van der Waals surface area contributed by atoms with Gasteiger partial charge in [-0.1, -0.05) is 54.6 Å². The summed E-state index contributed by atoms with van der Waals surface area (Å²) >= 11 is 2.92. The Balaban J connectivity index is 1.31. The average Bonchev–Trinajstić information content (AvgIpc) is 3.65. The molecule has 0 unspecified atom stereocenters. The molecule has 43 heavy (non-hydrogen) atoms. The van der Waals surface area contributed by atoms with Crippen LogP contribution in [0.25, 0.3) is 31.6 Å². The van der Waals surface area contributed by atoms with Crippen molar-refractivity contribution in [1.82, 2.24) is 20.2 Å². The summed E-state index contributed by atoms with van der Waals surface area (Å²) in [5, 5.41) is 44.3. The summed E-state index contributed by atoms with van der Waals surface area (Å²) in [7, 11) is 0. The summed E-state index contributed by atoms with van der Waals surface area (Å²) in [5.41, 5.74) is 0.514. The number of aromatic nitrogens is 2. The lowest BCUT2D eigenvalue weighted by atomic mass is 9.62. The van der Waals surface area contributed by atoms with Gasteiger partial charge in [-0.2, -0.15) is 0 Å². The Bertz CT molecular complexity index is 1630. The van der Waals surface area contributed by atoms with Gasteiger partial charge in [0.2, 0.25) is 5.91 Å². The lowest BCUT2D eigenvalue weighted by Gasteiger charge is -2.51. The van der Waals surface area contributed by atoms with E-state index in [0.717, 1.165) is 37.1 Å². The van der Waals surface area contributed by atoms with Crippen molar-refractivity contribution in [2.75, 3.05) is 19.7 Å². The molecule has 2 fully saturated rings. The molecule has 2 aromatic heterocycles. The fourth-order valence-corrected chi connectivity index (χ4v) is 8.39. The highest BCUT2D eigenvalue weighted by Crippen LogP contribution is 2.49. The summed E-state index contributed by atoms with van der Waals surface area (Å²) in [6.45, 7) is 1.86. The molecule has 2 amide bonds. The number of nitrogens with one attached hydrogen (secondary N) is 1. The van der Waals surface area contributed by atoms with Gasteiger partial charge >= 0.3 is 6.09 Å². The quantitative estimate of drug-likeness (QED) is 0.203. The number of nitrogens with zero attached hydrogens (tertiary/aromatic N) is 3. The summed E-state index contributed by atoms with van der Waals surface area (Å²) in [6.07, 6.45) is 1.85. The first-order valence-corrected chi connectivity index (χ1v) is 15.6. The molecule has 10 nitrogen and oxygen atoms in total. The molecule has 2 aromatic carbocycles. The minimum Gasteiger partial charge on any atom is -0.465 e. The molecular formula is C31H32N4O6S2. The summed E-state index contributed by atoms with van der Waals surface area (Å²) in [5.74, 6) is -0.341. The van der Waals surface area contributed by atoms with Gasteiger partial charge in [0.05, 0.1) is 26.6 Å². The molecule has 1 aliphatic heterocycles. The van der Waals surface area contributed by atoms with Gasteiger partial charge in [0.15, 0.2) is 0 Å². The molecule has 4 aromatic rings. The van der Waals surface area contributed by atoms with Crippen molar-refractivity contribution >= 4 is 34.7 Å². The van der Waals surface area contributed by atoms with E-state index in [4.69, 9.17) is 10.1 Å². The third-order valence-electron chi connectivity index (χ3n) is 8.28. The van der Waals surface area contributed by atoms with E-state index in [9.17, 15) is 24.9 Å². The minimum atomic E-state index is -1.15. The Morgan fingerprint density at radius 2 is 1.65 bits per heavy atom. The molecule has 0 radical (unpaired) electrons. The minimum absolute atomic E-state index is 0.289. The molecule has 1 saturated carbocycles. The predicted molar refractivity (Wildman–Crippen MR) is 164 cm³/mol. The monoisotopic (exact) mass is 620 g/mol. The molecule has 5 N–H and O–H groups in total. The standard InChI is InChI=1S/C31H32N4O6S2/c1-29(40)17-30(18-29,34-28(38)39)21-9-7-19(8-10-21)24-25(20-5-3-2-4-6-20)43-26(33-24)22-15-32-27(42-22)31(41)11-13-35(14-12-31)23(37)16-36/h2-10,15,34,36,40-41H,11-14,16-18H2,1H3,(H,38,39). The molecule has 3 heterocycles. The van der Waals surface area contributed by atoms with Crippen molar-refractivity contribution in [3.8, 4) is 31.6 Å². The first kappa shape index (κ1) is 29.4. The molecule has 0 bridgehead atoms. The third kappa shape index (κ3) is 5.68. The van der Waals surface area contributed by atoms with Crippen molar-refractivity contribution in [3.63, 3.8) is 0 Å². The summed E-state index contributed by atoms with van der Waals surface area (Å²) in [6, 6.07) is 17.6. The van der Waals surface area contributed by atoms with Crippen molar-refractivity contribution < 1.29 is 30.0 Å². The SMILES string of the molecule is CC1(O)CC(NC(=O)O)(c2ccc(-c3nc(-c4cnc(C5(O)CCN(C(=O)CO)CC5)s4)sc3-c3ccccc3)cc2)C1. The zero-order valence-electron chi connectivity index (χ0n) is 23.5. The van der Waals surface area contributed by atoms with Crippen molar-refractivity contribution in [1.29, 1.82) is 0 Å². The first-order chi connectivity index (χ1) is 20.5. The highest BCUT2D eigenvalue weighted by atomic mass is 32.1. The van der Waals surface area contributed by atoms with Gasteiger partial charge in [0, 0.05) is 50.5 Å². The van der Waals surface area contributed by atoms with E-state index < -0.39 is 29.4 Å². The van der Waals surface area contributed by atoms with Gasteiger partial charge in [-0.25, -0.2) is 14.8 Å². The number of rotatable bonds is 7. The molecule has 6 rings (SSSR count). The number of benzene rings is 2. The molecule has 1 aliphatic carbocycles. The topological polar surface area (TPSA) is 156 Å². The van der Waals surface area contributed by atoms with Crippen LogP contribution in [0.1, 0.15) is 43.2 Å². The second-order valence-electron chi connectivity index (χ2n) is 11.6. The Kier molecular flexibility index (Phi) is 7.59. The number of carbonyl (C=O) groups excluding carboxylic acids is 1. The molecule has 2 aliphatic rings. The number of hydrogen-bond acceptors (Lipinski definition) is 9. The fourth-order valence-electron chi connectivity index (χ4n) is 6.20. The van der Waals surface area contributed by atoms with Gasteiger partial charge in [0.25, 0.3) is 0 Å². The number of likely N-dealkylation sites (tertiary alicyclic amines) is 1. The van der Waals surface area contributed by atoms with Crippen LogP contribution in [0.5, 0.6) is 0 Å². The molecule has 0 spiro atoms. The predicted octanol–water partition coefficient (Wildman–Crippen LogP) is 4.41. The zero-order valence-corrected chi connectivity index (χ0v) is 25.1. The third-order valence-corrected chi connectivity index (χ3v) is 10.7. The number of aliphatic hydroxyl groups excluding tert-OH is 1. The normalized spacial score (nSPS) is 23.0. The maximum absolute atomic E-state index is 11.9. The molecule has 1 saturated heterocycles. The van der Waals surface area contributed by atoms with Crippen molar-refractivity contribution in [2.24, 2.45) is 0 Å². The maximum atomic E-state index is 11.9. The largest absolute Gasteiger partial charge is 0.465 e. The summed E-state index contributed by atoms with van der Waals surface area (Å²) < 4.78 is 0. The van der Waals surface area contributed by atoms with E-state index in [1.165, 1.54) is 22.7 Å². The highest BCUT2D eigenvalue weighted by Gasteiger charge is 2.53. The molecule has 0 atom stereocenters. The molecular weight excluding hydrogens is 588 g/mol. The van der Waals surface area contributed by atoms with Crippen molar-refractivity contribution in [3.05, 3.63) is 71.4 Å². The van der Waals surface area contributed by atoms with Gasteiger partial charge in [-0.05, 0) is 18.1 Å². The van der Waals surface area contributed by atoms with Gasteiger partial charge in [-0.15, -0.1) is 22.7 Å². The Morgan fingerprint density at radius 3 is 2.26 bits per heavy atom. The molecule has 12 heteroatoms. The molecule has 224 valence electrons. The Morgan fingerprint density at radius 1 is 0.977 bits per heavy atom. The van der Waals surface area contributed by atoms with Crippen LogP contribution in [0, 0.1) is 0 Å². The van der Waals surface area contributed by atoms with E-state index in [1.807, 2.05) is 54.6 Å². The zero-order chi connectivity index (χ0) is 30.4. The van der Waals surface area contributed by atoms with Gasteiger partial charge < -0.3 is 30.6 Å². The maximum Gasteiger partial charge on any atom is 0.405 e. The van der Waals surface area contributed by atoms with E-state index in [0.29, 0.717) is 30.9 Å². The number of hydrogen-bond donors (Lipinski definition) is 5. The second-order valence-corrected chi connectivity index (χ2v) is 13.6. The van der Waals surface area contributed by atoms with Crippen LogP contribution in [-0.4, -0.2) is 72.6 Å². The van der Waals surface area contributed by atoms with Crippen LogP contribution < -0.4 is 5.32 Å². The van der Waals surface area contributed by atoms with Crippen LogP contribution >= 0.6 is 22.7 Å². The van der Waals surface area contributed by atoms with Crippen LogP contribution in [0.4, 0.5) is 4.79 Å². The number of aliphatic hydroxyl groups is 3.